The van der Waals surface area contributed by atoms with E-state index in [1.165, 1.54) is 0 Å². The first kappa shape index (κ1) is 12.6. The first-order valence-electron chi connectivity index (χ1n) is 7.78. The highest BCUT2D eigenvalue weighted by Crippen LogP contribution is 2.45. The summed E-state index contributed by atoms with van der Waals surface area (Å²) in [5, 5.41) is 13.5. The topological polar surface area (TPSA) is 82.3 Å². The Bertz CT molecular complexity index is 401. The molecule has 0 unspecified atom stereocenters. The molecule has 0 bridgehead atoms. The average Bonchev–Trinajstić information content (AvgIpc) is 2.86. The van der Waals surface area contributed by atoms with Gasteiger partial charge in [0.2, 0.25) is 11.8 Å². The van der Waals surface area contributed by atoms with Gasteiger partial charge in [0.1, 0.15) is 0 Å². The molecule has 6 nitrogen and oxygen atoms in total. The molecule has 6 atom stereocenters. The fourth-order valence-corrected chi connectivity index (χ4v) is 4.86. The van der Waals surface area contributed by atoms with Crippen molar-refractivity contribution in [2.75, 3.05) is 13.1 Å². The summed E-state index contributed by atoms with van der Waals surface area (Å²) < 4.78 is 0. The van der Waals surface area contributed by atoms with Crippen LogP contribution in [0, 0.1) is 11.8 Å². The van der Waals surface area contributed by atoms with E-state index in [2.05, 4.69) is 21.3 Å². The number of carbonyl (C=O) groups is 2. The van der Waals surface area contributed by atoms with E-state index < -0.39 is 0 Å². The van der Waals surface area contributed by atoms with Crippen molar-refractivity contribution in [2.45, 2.75) is 49.9 Å². The lowest BCUT2D eigenvalue weighted by molar-refractivity contribution is -0.123. The molecule has 2 saturated heterocycles. The van der Waals surface area contributed by atoms with E-state index in [9.17, 15) is 9.59 Å². The molecule has 2 heterocycles. The number of carbonyl (C=O) groups excluding carboxylic acids is 2. The molecule has 110 valence electrons. The minimum Gasteiger partial charge on any atom is -0.353 e. The standard InChI is InChI=1S/C14H22N4O2/c19-11-1-3-15-7-5-10-14-8(6-9(17-11)13(7)14)16-4-2-12(20)18-10/h7-10,13-16H,1-6H2,(H,17,19)(H,18,20)/t7-,8-,9+,10+,13+,14+/m0/s1. The van der Waals surface area contributed by atoms with Crippen molar-refractivity contribution in [3.8, 4) is 0 Å². The molecular weight excluding hydrogens is 256 g/mol. The van der Waals surface area contributed by atoms with Crippen LogP contribution in [0.5, 0.6) is 0 Å². The zero-order valence-electron chi connectivity index (χ0n) is 11.5. The second kappa shape index (κ2) is 4.70. The molecule has 4 N–H and O–H groups in total. The van der Waals surface area contributed by atoms with Gasteiger partial charge in [-0.3, -0.25) is 9.59 Å². The Morgan fingerprint density at radius 1 is 0.700 bits per heavy atom. The van der Waals surface area contributed by atoms with Gasteiger partial charge in [-0.15, -0.1) is 0 Å². The summed E-state index contributed by atoms with van der Waals surface area (Å²) in [7, 11) is 0. The molecule has 2 aliphatic carbocycles. The summed E-state index contributed by atoms with van der Waals surface area (Å²) in [5.74, 6) is 1.20. The molecule has 2 amide bonds. The second-order valence-electron chi connectivity index (χ2n) is 6.60. The lowest BCUT2D eigenvalue weighted by Gasteiger charge is -2.30. The third-order valence-corrected chi connectivity index (χ3v) is 5.53. The number of hydrogen-bond donors (Lipinski definition) is 4. The molecular formula is C14H22N4O2. The van der Waals surface area contributed by atoms with Crippen LogP contribution < -0.4 is 21.3 Å². The van der Waals surface area contributed by atoms with E-state index in [0.717, 1.165) is 25.9 Å². The smallest absolute Gasteiger partial charge is 0.221 e. The first-order chi connectivity index (χ1) is 9.72. The number of rotatable bonds is 0. The van der Waals surface area contributed by atoms with Crippen LogP contribution in [0.2, 0.25) is 0 Å². The third kappa shape index (κ3) is 1.93. The van der Waals surface area contributed by atoms with Crippen LogP contribution >= 0.6 is 0 Å². The quantitative estimate of drug-likeness (QED) is 0.445. The zero-order chi connectivity index (χ0) is 13.7. The largest absolute Gasteiger partial charge is 0.353 e. The van der Waals surface area contributed by atoms with Crippen molar-refractivity contribution in [1.82, 2.24) is 21.3 Å². The van der Waals surface area contributed by atoms with Crippen LogP contribution in [-0.2, 0) is 9.59 Å². The SMILES string of the molecule is O=C1CCN[C@H]2C[C@H]3NC(=O)CCN[C@H]4C[C@@H](N1)[C@@H]2[C@H]43. The monoisotopic (exact) mass is 278 g/mol. The van der Waals surface area contributed by atoms with Crippen LogP contribution in [0.15, 0.2) is 0 Å². The van der Waals surface area contributed by atoms with E-state index in [1.807, 2.05) is 0 Å². The maximum Gasteiger partial charge on any atom is 0.221 e. The van der Waals surface area contributed by atoms with Crippen molar-refractivity contribution in [1.29, 1.82) is 0 Å². The van der Waals surface area contributed by atoms with Crippen molar-refractivity contribution in [3.05, 3.63) is 0 Å². The van der Waals surface area contributed by atoms with Crippen LogP contribution in [0.1, 0.15) is 25.7 Å². The molecule has 2 aliphatic heterocycles. The molecule has 2 saturated carbocycles. The molecule has 0 aromatic rings. The molecule has 0 aromatic carbocycles. The van der Waals surface area contributed by atoms with Crippen LogP contribution in [-0.4, -0.2) is 49.1 Å². The molecule has 4 rings (SSSR count). The normalized spacial score (nSPS) is 47.4. The van der Waals surface area contributed by atoms with E-state index in [0.29, 0.717) is 36.8 Å². The van der Waals surface area contributed by atoms with Gasteiger partial charge in [-0.1, -0.05) is 0 Å². The maximum atomic E-state index is 11.9. The Morgan fingerprint density at radius 2 is 1.15 bits per heavy atom. The lowest BCUT2D eigenvalue weighted by atomic mass is 9.90. The molecule has 0 radical (unpaired) electrons. The summed E-state index contributed by atoms with van der Waals surface area (Å²) in [4.78, 5) is 23.7. The van der Waals surface area contributed by atoms with Gasteiger partial charge in [-0.2, -0.15) is 0 Å². The summed E-state index contributed by atoms with van der Waals surface area (Å²) in [5.41, 5.74) is 0. The predicted molar refractivity (Wildman–Crippen MR) is 72.9 cm³/mol. The molecule has 0 spiro atoms. The Hall–Kier alpha value is -1.14. The summed E-state index contributed by atoms with van der Waals surface area (Å²) in [6.07, 6.45) is 3.09. The van der Waals surface area contributed by atoms with Crippen LogP contribution in [0.4, 0.5) is 0 Å². The van der Waals surface area contributed by atoms with Gasteiger partial charge < -0.3 is 21.3 Å². The Kier molecular flexibility index (Phi) is 2.96. The highest BCUT2D eigenvalue weighted by Gasteiger charge is 2.56. The highest BCUT2D eigenvalue weighted by atomic mass is 16.2. The van der Waals surface area contributed by atoms with Crippen molar-refractivity contribution in [3.63, 3.8) is 0 Å². The third-order valence-electron chi connectivity index (χ3n) is 5.53. The second-order valence-corrected chi connectivity index (χ2v) is 6.60. The van der Waals surface area contributed by atoms with Gasteiger partial charge in [0.15, 0.2) is 0 Å². The summed E-state index contributed by atoms with van der Waals surface area (Å²) in [6.45, 7) is 1.48. The average molecular weight is 278 g/mol. The van der Waals surface area contributed by atoms with E-state index in [1.54, 1.807) is 0 Å². The fraction of sp³-hybridized carbons (Fsp3) is 0.857. The summed E-state index contributed by atoms with van der Waals surface area (Å²) in [6, 6.07) is 1.34. The van der Waals surface area contributed by atoms with Gasteiger partial charge in [0.25, 0.3) is 0 Å². The fourth-order valence-electron chi connectivity index (χ4n) is 4.86. The number of amides is 2. The van der Waals surface area contributed by atoms with Crippen LogP contribution in [0.3, 0.4) is 0 Å². The van der Waals surface area contributed by atoms with E-state index in [4.69, 9.17) is 0 Å². The first-order valence-corrected chi connectivity index (χ1v) is 7.78. The Balaban J connectivity index is 1.65. The summed E-state index contributed by atoms with van der Waals surface area (Å²) >= 11 is 0. The highest BCUT2D eigenvalue weighted by molar-refractivity contribution is 5.77. The molecule has 6 heteroatoms. The Labute approximate surface area is 118 Å². The maximum absolute atomic E-state index is 11.9. The minimum absolute atomic E-state index is 0.155. The van der Waals surface area contributed by atoms with Crippen molar-refractivity contribution >= 4 is 11.8 Å². The molecule has 20 heavy (non-hydrogen) atoms. The minimum atomic E-state index is 0.155. The number of nitrogens with one attached hydrogen (secondary N) is 4. The van der Waals surface area contributed by atoms with Gasteiger partial charge >= 0.3 is 0 Å². The number of hydrogen-bond acceptors (Lipinski definition) is 4. The zero-order valence-corrected chi connectivity index (χ0v) is 11.5. The molecule has 4 aliphatic rings. The van der Waals surface area contributed by atoms with Crippen molar-refractivity contribution < 1.29 is 9.59 Å². The predicted octanol–water partition coefficient (Wildman–Crippen LogP) is -1.28. The van der Waals surface area contributed by atoms with Crippen molar-refractivity contribution in [2.24, 2.45) is 11.8 Å². The van der Waals surface area contributed by atoms with E-state index >= 15 is 0 Å². The van der Waals surface area contributed by atoms with Crippen LogP contribution in [0.25, 0.3) is 0 Å². The van der Waals surface area contributed by atoms with Gasteiger partial charge in [-0.05, 0) is 12.8 Å². The molecule has 0 aromatic heterocycles. The van der Waals surface area contributed by atoms with E-state index in [-0.39, 0.29) is 23.9 Å². The Morgan fingerprint density at radius 3 is 1.60 bits per heavy atom. The van der Waals surface area contributed by atoms with Gasteiger partial charge in [0, 0.05) is 61.9 Å². The molecule has 4 fully saturated rings. The van der Waals surface area contributed by atoms with Gasteiger partial charge in [0.05, 0.1) is 0 Å². The lowest BCUT2D eigenvalue weighted by Crippen LogP contribution is -2.49. The van der Waals surface area contributed by atoms with Gasteiger partial charge in [-0.25, -0.2) is 0 Å².